The minimum Gasteiger partial charge on any atom is -0.324 e. The van der Waals surface area contributed by atoms with Crippen LogP contribution in [0.4, 0.5) is 14.9 Å². The second kappa shape index (κ2) is 7.48. The van der Waals surface area contributed by atoms with Crippen LogP contribution in [0.15, 0.2) is 18.2 Å². The monoisotopic (exact) mass is 357 g/mol. The van der Waals surface area contributed by atoms with Crippen LogP contribution in [0.3, 0.4) is 0 Å². The van der Waals surface area contributed by atoms with Gasteiger partial charge in [0.15, 0.2) is 0 Å². The summed E-state index contributed by atoms with van der Waals surface area (Å²) < 4.78 is 39.7. The molecule has 8 heteroatoms. The van der Waals surface area contributed by atoms with Gasteiger partial charge in [0.2, 0.25) is 10.0 Å². The summed E-state index contributed by atoms with van der Waals surface area (Å²) in [6, 6.07) is 4.01. The number of anilines is 1. The third-order valence-corrected chi connectivity index (χ3v) is 6.05. The lowest BCUT2D eigenvalue weighted by atomic mass is 10.1. The van der Waals surface area contributed by atoms with Gasteiger partial charge in [-0.25, -0.2) is 22.3 Å². The zero-order valence-electron chi connectivity index (χ0n) is 14.2. The molecule has 1 aliphatic rings. The highest BCUT2D eigenvalue weighted by molar-refractivity contribution is 7.90. The summed E-state index contributed by atoms with van der Waals surface area (Å²) in [7, 11) is -3.30. The molecule has 0 aliphatic carbocycles. The van der Waals surface area contributed by atoms with Crippen molar-refractivity contribution in [2.75, 3.05) is 18.4 Å². The molecule has 1 fully saturated rings. The number of hydrogen-bond acceptors (Lipinski definition) is 3. The first kappa shape index (κ1) is 18.7. The molecule has 0 radical (unpaired) electrons. The van der Waals surface area contributed by atoms with Crippen LogP contribution in [0.25, 0.3) is 0 Å². The van der Waals surface area contributed by atoms with E-state index in [9.17, 15) is 17.6 Å². The van der Waals surface area contributed by atoms with Crippen LogP contribution < -0.4 is 10.0 Å². The molecule has 1 saturated heterocycles. The number of carbonyl (C=O) groups is 1. The van der Waals surface area contributed by atoms with Crippen molar-refractivity contribution in [2.45, 2.75) is 44.9 Å². The van der Waals surface area contributed by atoms with E-state index in [1.54, 1.807) is 31.7 Å². The van der Waals surface area contributed by atoms with E-state index in [4.69, 9.17) is 0 Å². The summed E-state index contributed by atoms with van der Waals surface area (Å²) in [4.78, 5) is 13.9. The van der Waals surface area contributed by atoms with E-state index in [1.807, 2.05) is 0 Å². The van der Waals surface area contributed by atoms with Crippen LogP contribution >= 0.6 is 0 Å². The number of nitrogens with one attached hydrogen (secondary N) is 2. The van der Waals surface area contributed by atoms with Crippen molar-refractivity contribution >= 4 is 21.7 Å². The van der Waals surface area contributed by atoms with E-state index in [0.717, 1.165) is 0 Å². The van der Waals surface area contributed by atoms with Gasteiger partial charge in [-0.1, -0.05) is 0 Å². The van der Waals surface area contributed by atoms with Crippen LogP contribution in [0.2, 0.25) is 0 Å². The van der Waals surface area contributed by atoms with Crippen molar-refractivity contribution in [2.24, 2.45) is 0 Å². The van der Waals surface area contributed by atoms with Crippen LogP contribution in [0.5, 0.6) is 0 Å². The molecule has 1 aromatic carbocycles. The Hall–Kier alpha value is -1.67. The minimum atomic E-state index is -3.30. The van der Waals surface area contributed by atoms with Gasteiger partial charge in [0.1, 0.15) is 5.82 Å². The number of carbonyl (C=O) groups excluding carboxylic acids is 1. The lowest BCUT2D eigenvalue weighted by Gasteiger charge is -2.32. The maximum atomic E-state index is 13.2. The maximum Gasteiger partial charge on any atom is 0.321 e. The number of rotatable bonds is 4. The van der Waals surface area contributed by atoms with E-state index in [2.05, 4.69) is 10.0 Å². The van der Waals surface area contributed by atoms with Gasteiger partial charge >= 0.3 is 6.03 Å². The Balaban J connectivity index is 1.87. The Bertz CT molecular complexity index is 699. The van der Waals surface area contributed by atoms with Crippen LogP contribution in [0.1, 0.15) is 32.3 Å². The fraction of sp³-hybridized carbons (Fsp3) is 0.562. The van der Waals surface area contributed by atoms with Crippen molar-refractivity contribution in [3.05, 3.63) is 29.6 Å². The molecule has 134 valence electrons. The van der Waals surface area contributed by atoms with E-state index in [-0.39, 0.29) is 17.9 Å². The van der Waals surface area contributed by atoms with E-state index >= 15 is 0 Å². The number of halogens is 1. The maximum absolute atomic E-state index is 13.2. The fourth-order valence-corrected chi connectivity index (χ4v) is 3.47. The molecule has 1 heterocycles. The number of amides is 2. The number of urea groups is 1. The standard InChI is InChI=1S/C16H24FN3O3S/c1-11(2)24(22,23)19-13-6-8-20(9-7-13)16(21)18-14-4-5-15(17)12(3)10-14/h4-5,10-11,13,19H,6-9H2,1-3H3,(H,18,21). The molecular weight excluding hydrogens is 333 g/mol. The van der Waals surface area contributed by atoms with Crippen molar-refractivity contribution < 1.29 is 17.6 Å². The number of sulfonamides is 1. The minimum absolute atomic E-state index is 0.144. The molecule has 0 atom stereocenters. The van der Waals surface area contributed by atoms with E-state index in [0.29, 0.717) is 37.2 Å². The number of likely N-dealkylation sites (tertiary alicyclic amines) is 1. The lowest BCUT2D eigenvalue weighted by molar-refractivity contribution is 0.193. The van der Waals surface area contributed by atoms with Crippen LogP contribution in [-0.2, 0) is 10.0 Å². The summed E-state index contributed by atoms with van der Waals surface area (Å²) in [5.74, 6) is -0.314. The Labute approximate surface area is 142 Å². The van der Waals surface area contributed by atoms with Gasteiger partial charge in [0.25, 0.3) is 0 Å². The summed E-state index contributed by atoms with van der Waals surface area (Å²) >= 11 is 0. The molecule has 0 bridgehead atoms. The zero-order valence-corrected chi connectivity index (χ0v) is 15.0. The highest BCUT2D eigenvalue weighted by Crippen LogP contribution is 2.17. The Morgan fingerprint density at radius 1 is 1.29 bits per heavy atom. The van der Waals surface area contributed by atoms with Crippen molar-refractivity contribution in [3.63, 3.8) is 0 Å². The molecule has 1 aliphatic heterocycles. The average molecular weight is 357 g/mol. The molecule has 0 saturated carbocycles. The van der Waals surface area contributed by atoms with E-state index in [1.165, 1.54) is 12.1 Å². The first-order valence-electron chi connectivity index (χ1n) is 8.02. The smallest absolute Gasteiger partial charge is 0.321 e. The van der Waals surface area contributed by atoms with Crippen LogP contribution in [0, 0.1) is 12.7 Å². The van der Waals surface area contributed by atoms with Crippen molar-refractivity contribution in [1.29, 1.82) is 0 Å². The van der Waals surface area contributed by atoms with Gasteiger partial charge in [-0.2, -0.15) is 0 Å². The largest absolute Gasteiger partial charge is 0.324 e. The van der Waals surface area contributed by atoms with E-state index < -0.39 is 15.3 Å². The number of hydrogen-bond donors (Lipinski definition) is 2. The zero-order chi connectivity index (χ0) is 17.9. The van der Waals surface area contributed by atoms with Gasteiger partial charge in [-0.3, -0.25) is 0 Å². The third kappa shape index (κ3) is 4.67. The first-order chi connectivity index (χ1) is 11.2. The predicted molar refractivity (Wildman–Crippen MR) is 91.9 cm³/mol. The molecule has 2 N–H and O–H groups in total. The molecule has 6 nitrogen and oxygen atoms in total. The Kier molecular flexibility index (Phi) is 5.82. The molecule has 2 rings (SSSR count). The Morgan fingerprint density at radius 3 is 2.46 bits per heavy atom. The highest BCUT2D eigenvalue weighted by Gasteiger charge is 2.27. The number of aryl methyl sites for hydroxylation is 1. The topological polar surface area (TPSA) is 78.5 Å². The van der Waals surface area contributed by atoms with Gasteiger partial charge in [-0.05, 0) is 57.4 Å². The SMILES string of the molecule is Cc1cc(NC(=O)N2CCC(NS(=O)(=O)C(C)C)CC2)ccc1F. The first-order valence-corrected chi connectivity index (χ1v) is 9.57. The van der Waals surface area contributed by atoms with Gasteiger partial charge in [0, 0.05) is 24.8 Å². The summed E-state index contributed by atoms with van der Waals surface area (Å²) in [5, 5.41) is 2.27. The second-order valence-electron chi connectivity index (χ2n) is 6.37. The molecule has 0 aromatic heterocycles. The quantitative estimate of drug-likeness (QED) is 0.869. The molecule has 24 heavy (non-hydrogen) atoms. The fourth-order valence-electron chi connectivity index (χ4n) is 2.49. The normalized spacial score (nSPS) is 16.5. The summed E-state index contributed by atoms with van der Waals surface area (Å²) in [5.41, 5.74) is 1.01. The summed E-state index contributed by atoms with van der Waals surface area (Å²) in [6.45, 7) is 5.84. The average Bonchev–Trinajstić information content (AvgIpc) is 2.51. The van der Waals surface area contributed by atoms with Crippen molar-refractivity contribution in [1.82, 2.24) is 9.62 Å². The van der Waals surface area contributed by atoms with Gasteiger partial charge in [-0.15, -0.1) is 0 Å². The second-order valence-corrected chi connectivity index (χ2v) is 8.64. The van der Waals surface area contributed by atoms with Crippen molar-refractivity contribution in [3.8, 4) is 0 Å². The molecule has 0 spiro atoms. The molecule has 1 aromatic rings. The highest BCUT2D eigenvalue weighted by atomic mass is 32.2. The third-order valence-electron chi connectivity index (χ3n) is 4.14. The summed E-state index contributed by atoms with van der Waals surface area (Å²) in [6.07, 6.45) is 1.14. The molecule has 0 unspecified atom stereocenters. The molecular formula is C16H24FN3O3S. The number of benzene rings is 1. The molecule has 2 amide bonds. The van der Waals surface area contributed by atoms with Gasteiger partial charge < -0.3 is 10.2 Å². The number of nitrogens with zero attached hydrogens (tertiary/aromatic N) is 1. The Morgan fingerprint density at radius 2 is 1.92 bits per heavy atom. The van der Waals surface area contributed by atoms with Crippen LogP contribution in [-0.4, -0.2) is 43.7 Å². The predicted octanol–water partition coefficient (Wildman–Crippen LogP) is 2.46. The number of piperidine rings is 1. The lowest BCUT2D eigenvalue weighted by Crippen LogP contribution is -2.48. The van der Waals surface area contributed by atoms with Gasteiger partial charge in [0.05, 0.1) is 5.25 Å².